The Morgan fingerprint density at radius 3 is 2.66 bits per heavy atom. The highest BCUT2D eigenvalue weighted by Crippen LogP contribution is 2.37. The highest BCUT2D eigenvalue weighted by atomic mass is 16.5. The third-order valence-corrected chi connectivity index (χ3v) is 5.06. The average Bonchev–Trinajstić information content (AvgIpc) is 3.22. The van der Waals surface area contributed by atoms with E-state index in [1.807, 2.05) is 56.3 Å². The standard InChI is InChI=1S/C26H24N2O4/c1-4-31-19-10-8-18(9-11-19)22-16-32-24-15-23(30-3)20(14-21(22)24)17(2)13-26(29)28-25-7-5-6-12-27-25/h5-16H,4H2,1-3H3,(H,27,28,29)/b17-13+. The van der Waals surface area contributed by atoms with Crippen molar-refractivity contribution in [1.29, 1.82) is 0 Å². The molecule has 1 N–H and O–H groups in total. The molecule has 4 aromatic rings. The van der Waals surface area contributed by atoms with Crippen LogP contribution in [0.25, 0.3) is 27.7 Å². The number of amides is 1. The second-order valence-corrected chi connectivity index (χ2v) is 7.19. The predicted octanol–water partition coefficient (Wildman–Crippen LogP) is 5.94. The van der Waals surface area contributed by atoms with Gasteiger partial charge in [-0.15, -0.1) is 0 Å². The topological polar surface area (TPSA) is 73.6 Å². The van der Waals surface area contributed by atoms with E-state index in [0.717, 1.165) is 33.4 Å². The first-order chi connectivity index (χ1) is 15.6. The van der Waals surface area contributed by atoms with Crippen LogP contribution in [0.3, 0.4) is 0 Å². The molecule has 0 radical (unpaired) electrons. The third-order valence-electron chi connectivity index (χ3n) is 5.06. The zero-order valence-corrected chi connectivity index (χ0v) is 18.2. The maximum atomic E-state index is 12.5. The number of benzene rings is 2. The molecule has 0 bridgehead atoms. The number of nitrogens with zero attached hydrogens (tertiary/aromatic N) is 1. The van der Waals surface area contributed by atoms with Gasteiger partial charge in [0.15, 0.2) is 0 Å². The second-order valence-electron chi connectivity index (χ2n) is 7.19. The summed E-state index contributed by atoms with van der Waals surface area (Å²) in [6.07, 6.45) is 4.90. The Morgan fingerprint density at radius 1 is 1.16 bits per heavy atom. The van der Waals surface area contributed by atoms with Crippen molar-refractivity contribution in [3.63, 3.8) is 0 Å². The maximum Gasteiger partial charge on any atom is 0.249 e. The van der Waals surface area contributed by atoms with E-state index in [2.05, 4.69) is 10.3 Å². The summed E-state index contributed by atoms with van der Waals surface area (Å²) < 4.78 is 16.9. The first-order valence-electron chi connectivity index (χ1n) is 10.3. The number of nitrogens with one attached hydrogen (secondary N) is 1. The second kappa shape index (κ2) is 9.39. The van der Waals surface area contributed by atoms with Crippen LogP contribution in [-0.2, 0) is 4.79 Å². The summed E-state index contributed by atoms with van der Waals surface area (Å²) in [5, 5.41) is 3.70. The fourth-order valence-corrected chi connectivity index (χ4v) is 3.53. The number of hydrogen-bond acceptors (Lipinski definition) is 5. The monoisotopic (exact) mass is 428 g/mol. The van der Waals surface area contributed by atoms with E-state index >= 15 is 0 Å². The summed E-state index contributed by atoms with van der Waals surface area (Å²) in [7, 11) is 1.60. The molecule has 0 atom stereocenters. The number of carbonyl (C=O) groups is 1. The number of allylic oxidation sites excluding steroid dienone is 1. The minimum atomic E-state index is -0.262. The van der Waals surface area contributed by atoms with Gasteiger partial charge in [-0.3, -0.25) is 4.79 Å². The van der Waals surface area contributed by atoms with Gasteiger partial charge >= 0.3 is 0 Å². The number of methoxy groups -OCH3 is 1. The van der Waals surface area contributed by atoms with Gasteiger partial charge in [-0.1, -0.05) is 18.2 Å². The summed E-state index contributed by atoms with van der Waals surface area (Å²) in [5.74, 6) is 1.69. The number of aromatic nitrogens is 1. The molecule has 0 unspecified atom stereocenters. The number of hydrogen-bond donors (Lipinski definition) is 1. The van der Waals surface area contributed by atoms with Crippen molar-refractivity contribution >= 4 is 28.3 Å². The Bertz CT molecular complexity index is 1260. The fourth-order valence-electron chi connectivity index (χ4n) is 3.53. The predicted molar refractivity (Wildman–Crippen MR) is 126 cm³/mol. The molecule has 0 aliphatic heterocycles. The molecule has 2 heterocycles. The van der Waals surface area contributed by atoms with E-state index in [9.17, 15) is 4.79 Å². The van der Waals surface area contributed by atoms with Crippen molar-refractivity contribution < 1.29 is 18.7 Å². The number of pyridine rings is 1. The van der Waals surface area contributed by atoms with Crippen molar-refractivity contribution in [2.45, 2.75) is 13.8 Å². The largest absolute Gasteiger partial charge is 0.496 e. The van der Waals surface area contributed by atoms with Crippen LogP contribution in [0.2, 0.25) is 0 Å². The molecule has 6 nitrogen and oxygen atoms in total. The van der Waals surface area contributed by atoms with Crippen molar-refractivity contribution in [3.05, 3.63) is 78.7 Å². The van der Waals surface area contributed by atoms with Gasteiger partial charge in [0.1, 0.15) is 22.9 Å². The smallest absolute Gasteiger partial charge is 0.249 e. The van der Waals surface area contributed by atoms with Crippen LogP contribution in [0.1, 0.15) is 19.4 Å². The van der Waals surface area contributed by atoms with E-state index < -0.39 is 0 Å². The number of anilines is 1. The zero-order chi connectivity index (χ0) is 22.5. The Labute approximate surface area is 186 Å². The number of rotatable bonds is 7. The molecule has 162 valence electrons. The molecule has 2 aromatic heterocycles. The lowest BCUT2D eigenvalue weighted by Crippen LogP contribution is -2.09. The van der Waals surface area contributed by atoms with Gasteiger partial charge in [0.2, 0.25) is 5.91 Å². The molecule has 32 heavy (non-hydrogen) atoms. The summed E-state index contributed by atoms with van der Waals surface area (Å²) >= 11 is 0. The van der Waals surface area contributed by atoms with Crippen LogP contribution < -0.4 is 14.8 Å². The van der Waals surface area contributed by atoms with Crippen LogP contribution in [0.5, 0.6) is 11.5 Å². The average molecular weight is 428 g/mol. The Hall–Kier alpha value is -4.06. The molecular formula is C26H24N2O4. The van der Waals surface area contributed by atoms with Crippen LogP contribution in [0.15, 0.2) is 77.6 Å². The normalized spacial score (nSPS) is 11.4. The molecule has 0 spiro atoms. The third kappa shape index (κ3) is 4.49. The van der Waals surface area contributed by atoms with E-state index in [4.69, 9.17) is 13.9 Å². The molecule has 6 heteroatoms. The van der Waals surface area contributed by atoms with Gasteiger partial charge in [-0.2, -0.15) is 0 Å². The van der Waals surface area contributed by atoms with Crippen LogP contribution in [-0.4, -0.2) is 24.6 Å². The Morgan fingerprint density at radius 2 is 1.97 bits per heavy atom. The molecule has 4 rings (SSSR count). The maximum absolute atomic E-state index is 12.5. The number of carbonyl (C=O) groups excluding carboxylic acids is 1. The van der Waals surface area contributed by atoms with Crippen molar-refractivity contribution in [1.82, 2.24) is 4.98 Å². The molecule has 0 aliphatic rings. The van der Waals surface area contributed by atoms with Crippen molar-refractivity contribution in [2.75, 3.05) is 19.0 Å². The number of fused-ring (bicyclic) bond motifs is 1. The lowest BCUT2D eigenvalue weighted by molar-refractivity contribution is -0.111. The summed E-state index contributed by atoms with van der Waals surface area (Å²) in [6, 6.07) is 17.1. The molecule has 2 aromatic carbocycles. The summed E-state index contributed by atoms with van der Waals surface area (Å²) in [4.78, 5) is 16.6. The molecule has 0 aliphatic carbocycles. The van der Waals surface area contributed by atoms with Crippen LogP contribution >= 0.6 is 0 Å². The lowest BCUT2D eigenvalue weighted by atomic mass is 9.99. The van der Waals surface area contributed by atoms with E-state index in [0.29, 0.717) is 23.8 Å². The molecule has 1 amide bonds. The summed E-state index contributed by atoms with van der Waals surface area (Å²) in [5.41, 5.74) is 4.25. The molecule has 0 saturated heterocycles. The number of ether oxygens (including phenoxy) is 2. The minimum absolute atomic E-state index is 0.262. The summed E-state index contributed by atoms with van der Waals surface area (Å²) in [6.45, 7) is 4.45. The minimum Gasteiger partial charge on any atom is -0.496 e. The highest BCUT2D eigenvalue weighted by Gasteiger charge is 2.15. The number of furan rings is 1. The SMILES string of the molecule is CCOc1ccc(-c2coc3cc(OC)c(/C(C)=C/C(=O)Nc4ccccn4)cc23)cc1. The van der Waals surface area contributed by atoms with Gasteiger partial charge in [0.05, 0.1) is 20.0 Å². The van der Waals surface area contributed by atoms with Gasteiger partial charge in [-0.05, 0) is 55.3 Å². The first kappa shape index (κ1) is 21.2. The van der Waals surface area contributed by atoms with Gasteiger partial charge in [-0.25, -0.2) is 4.98 Å². The quantitative estimate of drug-likeness (QED) is 0.369. The Balaban J connectivity index is 1.69. The van der Waals surface area contributed by atoms with Crippen LogP contribution in [0, 0.1) is 0 Å². The van der Waals surface area contributed by atoms with E-state index in [1.54, 1.807) is 31.7 Å². The van der Waals surface area contributed by atoms with E-state index in [1.165, 1.54) is 6.08 Å². The molecular weight excluding hydrogens is 404 g/mol. The van der Waals surface area contributed by atoms with Gasteiger partial charge < -0.3 is 19.2 Å². The Kier molecular flexibility index (Phi) is 6.22. The van der Waals surface area contributed by atoms with Crippen LogP contribution in [0.4, 0.5) is 5.82 Å². The highest BCUT2D eigenvalue weighted by molar-refractivity contribution is 6.05. The fraction of sp³-hybridized carbons (Fsp3) is 0.154. The molecule has 0 saturated carbocycles. The lowest BCUT2D eigenvalue weighted by Gasteiger charge is -2.10. The first-order valence-corrected chi connectivity index (χ1v) is 10.3. The van der Waals surface area contributed by atoms with Gasteiger partial charge in [0.25, 0.3) is 0 Å². The zero-order valence-electron chi connectivity index (χ0n) is 18.2. The van der Waals surface area contributed by atoms with E-state index in [-0.39, 0.29) is 5.91 Å². The van der Waals surface area contributed by atoms with Gasteiger partial charge in [0, 0.05) is 34.9 Å². The molecule has 0 fully saturated rings. The van der Waals surface area contributed by atoms with Crippen molar-refractivity contribution in [3.8, 4) is 22.6 Å². The van der Waals surface area contributed by atoms with Crippen molar-refractivity contribution in [2.24, 2.45) is 0 Å².